The van der Waals surface area contributed by atoms with Gasteiger partial charge in [-0.15, -0.1) is 0 Å². The van der Waals surface area contributed by atoms with E-state index in [0.29, 0.717) is 68.0 Å². The van der Waals surface area contributed by atoms with Gasteiger partial charge in [-0.05, 0) is 25.3 Å². The van der Waals surface area contributed by atoms with E-state index >= 15 is 0 Å². The van der Waals surface area contributed by atoms with Crippen molar-refractivity contribution < 1.29 is 19.1 Å². The highest BCUT2D eigenvalue weighted by atomic mass is 16.5. The van der Waals surface area contributed by atoms with Crippen molar-refractivity contribution in [2.75, 3.05) is 40.4 Å². The molecular weight excluding hydrogens is 424 g/mol. The van der Waals surface area contributed by atoms with Crippen LogP contribution in [-0.4, -0.2) is 71.6 Å². The lowest BCUT2D eigenvalue weighted by Crippen LogP contribution is -2.51. The molecule has 4 rings (SSSR count). The van der Waals surface area contributed by atoms with Crippen LogP contribution >= 0.6 is 0 Å². The van der Waals surface area contributed by atoms with Crippen LogP contribution in [0.4, 0.5) is 0 Å². The molecule has 2 aromatic rings. The molecule has 0 atom stereocenters. The zero-order valence-electron chi connectivity index (χ0n) is 19.4. The first kappa shape index (κ1) is 23.1. The van der Waals surface area contributed by atoms with E-state index in [0.717, 1.165) is 25.7 Å². The van der Waals surface area contributed by atoms with Crippen molar-refractivity contribution in [1.82, 2.24) is 19.4 Å². The number of rotatable bonds is 7. The fourth-order valence-electron chi connectivity index (χ4n) is 4.81. The third-order valence-corrected chi connectivity index (χ3v) is 6.77. The third-order valence-electron chi connectivity index (χ3n) is 6.77. The van der Waals surface area contributed by atoms with Crippen LogP contribution in [0.1, 0.15) is 38.5 Å². The summed E-state index contributed by atoms with van der Waals surface area (Å²) in [6, 6.07) is 3.32. The van der Waals surface area contributed by atoms with Crippen LogP contribution in [0.25, 0.3) is 10.9 Å². The Morgan fingerprint density at radius 3 is 2.30 bits per heavy atom. The summed E-state index contributed by atoms with van der Waals surface area (Å²) in [4.78, 5) is 46.2. The maximum absolute atomic E-state index is 12.9. The number of benzene rings is 1. The minimum absolute atomic E-state index is 0.0659. The summed E-state index contributed by atoms with van der Waals surface area (Å²) in [5, 5.41) is 0.449. The molecule has 1 aliphatic carbocycles. The summed E-state index contributed by atoms with van der Waals surface area (Å²) in [6.07, 6.45) is 6.70. The molecule has 1 aliphatic heterocycles. The van der Waals surface area contributed by atoms with E-state index in [-0.39, 0.29) is 23.3 Å². The van der Waals surface area contributed by atoms with Gasteiger partial charge in [0.05, 0.1) is 31.4 Å². The highest BCUT2D eigenvalue weighted by molar-refractivity contribution is 5.82. The predicted molar refractivity (Wildman–Crippen MR) is 123 cm³/mol. The molecule has 1 aromatic heterocycles. The minimum Gasteiger partial charge on any atom is -0.493 e. The second kappa shape index (κ2) is 10.2. The minimum atomic E-state index is -0.174. The molecule has 0 bridgehead atoms. The number of fused-ring (bicyclic) bond motifs is 1. The number of carbonyl (C=O) groups is 2. The Hall–Kier alpha value is -3.10. The van der Waals surface area contributed by atoms with Crippen LogP contribution in [0.2, 0.25) is 0 Å². The molecule has 33 heavy (non-hydrogen) atoms. The van der Waals surface area contributed by atoms with E-state index in [4.69, 9.17) is 9.47 Å². The summed E-state index contributed by atoms with van der Waals surface area (Å²) >= 11 is 0. The van der Waals surface area contributed by atoms with Crippen molar-refractivity contribution in [3.05, 3.63) is 28.8 Å². The van der Waals surface area contributed by atoms with Crippen LogP contribution in [0.15, 0.2) is 23.3 Å². The van der Waals surface area contributed by atoms with Gasteiger partial charge in [0.1, 0.15) is 0 Å². The molecule has 1 saturated heterocycles. The summed E-state index contributed by atoms with van der Waals surface area (Å²) in [7, 11) is 3.06. The molecule has 0 unspecified atom stereocenters. The van der Waals surface area contributed by atoms with E-state index in [1.807, 2.05) is 9.80 Å². The van der Waals surface area contributed by atoms with Crippen molar-refractivity contribution in [3.8, 4) is 11.5 Å². The predicted octanol–water partition coefficient (Wildman–Crippen LogP) is 2.05. The lowest BCUT2D eigenvalue weighted by atomic mass is 10.1. The standard InChI is InChI=1S/C24H32N4O5/c1-32-20-14-18-19(15-21(20)33-2)25-16-28(24(18)31)9-5-8-22(29)26-10-12-27(13-11-26)23(30)17-6-3-4-7-17/h14-17H,3-13H2,1-2H3. The number of amides is 2. The third kappa shape index (κ3) is 4.96. The average molecular weight is 457 g/mol. The Morgan fingerprint density at radius 1 is 1.00 bits per heavy atom. The number of carbonyl (C=O) groups excluding carboxylic acids is 2. The molecule has 2 fully saturated rings. The van der Waals surface area contributed by atoms with E-state index in [9.17, 15) is 14.4 Å². The Bertz CT molecular complexity index is 1070. The lowest BCUT2D eigenvalue weighted by Gasteiger charge is -2.36. The number of ether oxygens (including phenoxy) is 2. The molecule has 2 heterocycles. The van der Waals surface area contributed by atoms with Gasteiger partial charge >= 0.3 is 0 Å². The van der Waals surface area contributed by atoms with E-state index < -0.39 is 0 Å². The SMILES string of the molecule is COc1cc2ncn(CCCC(=O)N3CCN(C(=O)C4CCCC4)CC3)c(=O)c2cc1OC. The largest absolute Gasteiger partial charge is 0.493 e. The van der Waals surface area contributed by atoms with Crippen molar-refractivity contribution in [2.45, 2.75) is 45.1 Å². The Labute approximate surface area is 193 Å². The molecule has 1 aromatic carbocycles. The summed E-state index contributed by atoms with van der Waals surface area (Å²) < 4.78 is 12.1. The average Bonchev–Trinajstić information content (AvgIpc) is 3.39. The number of aromatic nitrogens is 2. The maximum Gasteiger partial charge on any atom is 0.261 e. The Kier molecular flexibility index (Phi) is 7.15. The number of piperazine rings is 1. The van der Waals surface area contributed by atoms with Gasteiger partial charge in [-0.1, -0.05) is 12.8 Å². The summed E-state index contributed by atoms with van der Waals surface area (Å²) in [5.74, 6) is 1.50. The van der Waals surface area contributed by atoms with Crippen LogP contribution in [0.3, 0.4) is 0 Å². The molecule has 2 amide bonds. The molecule has 0 spiro atoms. The molecular formula is C24H32N4O5. The number of hydrogen-bond acceptors (Lipinski definition) is 6. The molecule has 9 nitrogen and oxygen atoms in total. The van der Waals surface area contributed by atoms with Crippen molar-refractivity contribution >= 4 is 22.7 Å². The van der Waals surface area contributed by atoms with E-state index in [1.165, 1.54) is 25.1 Å². The highest BCUT2D eigenvalue weighted by Crippen LogP contribution is 2.30. The second-order valence-corrected chi connectivity index (χ2v) is 8.76. The van der Waals surface area contributed by atoms with Crippen molar-refractivity contribution in [1.29, 1.82) is 0 Å². The van der Waals surface area contributed by atoms with Crippen LogP contribution < -0.4 is 15.0 Å². The first-order chi connectivity index (χ1) is 16.0. The van der Waals surface area contributed by atoms with Crippen LogP contribution in [0, 0.1) is 5.92 Å². The highest BCUT2D eigenvalue weighted by Gasteiger charge is 2.30. The fraction of sp³-hybridized carbons (Fsp3) is 0.583. The monoisotopic (exact) mass is 456 g/mol. The van der Waals surface area contributed by atoms with Crippen LogP contribution in [-0.2, 0) is 16.1 Å². The Morgan fingerprint density at radius 2 is 1.64 bits per heavy atom. The zero-order chi connectivity index (χ0) is 23.4. The second-order valence-electron chi connectivity index (χ2n) is 8.76. The molecule has 2 aliphatic rings. The number of aryl methyl sites for hydroxylation is 1. The smallest absolute Gasteiger partial charge is 0.261 e. The van der Waals surface area contributed by atoms with Gasteiger partial charge in [-0.3, -0.25) is 19.0 Å². The van der Waals surface area contributed by atoms with E-state index in [2.05, 4.69) is 4.98 Å². The topological polar surface area (TPSA) is 94.0 Å². The molecule has 0 radical (unpaired) electrons. The molecule has 9 heteroatoms. The summed E-state index contributed by atoms with van der Waals surface area (Å²) in [6.45, 7) is 2.79. The van der Waals surface area contributed by atoms with Crippen molar-refractivity contribution in [2.24, 2.45) is 5.92 Å². The first-order valence-electron chi connectivity index (χ1n) is 11.7. The van der Waals surface area contributed by atoms with Gasteiger partial charge in [0, 0.05) is 51.1 Å². The number of nitrogens with zero attached hydrogens (tertiary/aromatic N) is 4. The van der Waals surface area contributed by atoms with Gasteiger partial charge in [0.15, 0.2) is 11.5 Å². The van der Waals surface area contributed by atoms with E-state index in [1.54, 1.807) is 12.1 Å². The van der Waals surface area contributed by atoms with Crippen LogP contribution in [0.5, 0.6) is 11.5 Å². The number of methoxy groups -OCH3 is 2. The lowest BCUT2D eigenvalue weighted by molar-refractivity contribution is -0.142. The van der Waals surface area contributed by atoms with Gasteiger partial charge in [-0.2, -0.15) is 0 Å². The maximum atomic E-state index is 12.9. The number of hydrogen-bond donors (Lipinski definition) is 0. The molecule has 0 N–H and O–H groups in total. The van der Waals surface area contributed by atoms with Gasteiger partial charge in [-0.25, -0.2) is 4.98 Å². The quantitative estimate of drug-likeness (QED) is 0.633. The fourth-order valence-corrected chi connectivity index (χ4v) is 4.81. The Balaban J connectivity index is 1.30. The van der Waals surface area contributed by atoms with Gasteiger partial charge in [0.2, 0.25) is 11.8 Å². The van der Waals surface area contributed by atoms with Gasteiger partial charge in [0.25, 0.3) is 5.56 Å². The molecule has 178 valence electrons. The summed E-state index contributed by atoms with van der Waals surface area (Å²) in [5.41, 5.74) is 0.363. The van der Waals surface area contributed by atoms with Crippen molar-refractivity contribution in [3.63, 3.8) is 0 Å². The normalized spacial score (nSPS) is 16.9. The van der Waals surface area contributed by atoms with Gasteiger partial charge < -0.3 is 19.3 Å². The molecule has 1 saturated carbocycles. The zero-order valence-corrected chi connectivity index (χ0v) is 19.4. The first-order valence-corrected chi connectivity index (χ1v) is 11.7.